The lowest BCUT2D eigenvalue weighted by molar-refractivity contribution is -0.138. The summed E-state index contributed by atoms with van der Waals surface area (Å²) in [5.41, 5.74) is -0.173. The highest BCUT2D eigenvalue weighted by Gasteiger charge is 2.33. The van der Waals surface area contributed by atoms with Gasteiger partial charge in [0.05, 0.1) is 5.56 Å². The minimum Gasteiger partial charge on any atom is -0.481 e. The second kappa shape index (κ2) is 5.71. The van der Waals surface area contributed by atoms with Crippen LogP contribution in [0.2, 0.25) is 0 Å². The summed E-state index contributed by atoms with van der Waals surface area (Å²) < 4.78 is 38.2. The smallest absolute Gasteiger partial charge is 0.416 e. The molecule has 98 valence electrons. The number of hydrogen-bond donors (Lipinski definition) is 1. The summed E-state index contributed by atoms with van der Waals surface area (Å²) in [6.45, 7) is 1.55. The third-order valence-electron chi connectivity index (χ3n) is 2.47. The first-order valence-electron chi connectivity index (χ1n) is 5.37. The Bertz CT molecular complexity index is 462. The maximum atomic E-state index is 12.7. The molecular weight excluding hydrogens is 245 g/mol. The normalized spacial score (nSPS) is 12.6. The van der Waals surface area contributed by atoms with Crippen molar-refractivity contribution in [3.63, 3.8) is 0 Å². The molecule has 0 unspecified atom stereocenters. The molecular formula is C13H13F3O2. The Balaban J connectivity index is 2.99. The van der Waals surface area contributed by atoms with E-state index in [1.807, 2.05) is 0 Å². The molecule has 1 aromatic rings. The lowest BCUT2D eigenvalue weighted by Crippen LogP contribution is -2.08. The number of carboxylic acid groups (broad SMARTS) is 1. The molecule has 0 aromatic heterocycles. The highest BCUT2D eigenvalue weighted by molar-refractivity contribution is 5.69. The molecule has 18 heavy (non-hydrogen) atoms. The Kier molecular flexibility index (Phi) is 4.53. The number of hydrogen-bond acceptors (Lipinski definition) is 1. The summed E-state index contributed by atoms with van der Waals surface area (Å²) >= 11 is 0. The summed E-state index contributed by atoms with van der Waals surface area (Å²) in [4.78, 5) is 10.3. The largest absolute Gasteiger partial charge is 0.481 e. The van der Waals surface area contributed by atoms with E-state index in [9.17, 15) is 18.0 Å². The third-order valence-corrected chi connectivity index (χ3v) is 2.47. The van der Waals surface area contributed by atoms with Crippen molar-refractivity contribution in [1.29, 1.82) is 0 Å². The second-order valence-electron chi connectivity index (χ2n) is 3.86. The van der Waals surface area contributed by atoms with Crippen LogP contribution in [-0.4, -0.2) is 11.1 Å². The number of benzene rings is 1. The Morgan fingerprint density at radius 3 is 2.50 bits per heavy atom. The molecule has 1 aromatic carbocycles. The topological polar surface area (TPSA) is 37.3 Å². The van der Waals surface area contributed by atoms with Gasteiger partial charge in [0.25, 0.3) is 0 Å². The van der Waals surface area contributed by atoms with Crippen molar-refractivity contribution in [2.45, 2.75) is 25.9 Å². The lowest BCUT2D eigenvalue weighted by Gasteiger charge is -2.12. The molecule has 0 aliphatic heterocycles. The van der Waals surface area contributed by atoms with Crippen LogP contribution in [0.4, 0.5) is 13.2 Å². The fraction of sp³-hybridized carbons (Fsp3) is 0.308. The van der Waals surface area contributed by atoms with Gasteiger partial charge < -0.3 is 5.11 Å². The first-order chi connectivity index (χ1) is 8.32. The van der Waals surface area contributed by atoms with E-state index in [0.29, 0.717) is 5.57 Å². The van der Waals surface area contributed by atoms with Crippen molar-refractivity contribution < 1.29 is 23.1 Å². The summed E-state index contributed by atoms with van der Waals surface area (Å²) in [5.74, 6) is -0.969. The molecule has 5 heteroatoms. The molecule has 0 fully saturated rings. The van der Waals surface area contributed by atoms with Crippen LogP contribution in [0.1, 0.15) is 30.9 Å². The van der Waals surface area contributed by atoms with Crippen molar-refractivity contribution in [2.24, 2.45) is 0 Å². The van der Waals surface area contributed by atoms with E-state index in [1.165, 1.54) is 24.3 Å². The molecule has 0 atom stereocenters. The van der Waals surface area contributed by atoms with Crippen molar-refractivity contribution in [3.05, 3.63) is 41.5 Å². The fourth-order valence-electron chi connectivity index (χ4n) is 1.60. The van der Waals surface area contributed by atoms with Crippen molar-refractivity contribution in [1.82, 2.24) is 0 Å². The highest BCUT2D eigenvalue weighted by Crippen LogP contribution is 2.34. The quantitative estimate of drug-likeness (QED) is 0.887. The molecule has 1 rings (SSSR count). The number of alkyl halides is 3. The van der Waals surface area contributed by atoms with Gasteiger partial charge in [0, 0.05) is 6.42 Å². The summed E-state index contributed by atoms with van der Waals surface area (Å²) in [5, 5.41) is 8.47. The van der Waals surface area contributed by atoms with E-state index < -0.39 is 17.7 Å². The van der Waals surface area contributed by atoms with Gasteiger partial charge in [-0.2, -0.15) is 13.2 Å². The van der Waals surface area contributed by atoms with E-state index in [1.54, 1.807) is 6.92 Å². The van der Waals surface area contributed by atoms with Crippen LogP contribution in [0.15, 0.2) is 30.3 Å². The molecule has 0 aliphatic rings. The average molecular weight is 258 g/mol. The molecule has 0 saturated heterocycles. The number of halogens is 3. The fourth-order valence-corrected chi connectivity index (χ4v) is 1.60. The predicted molar refractivity (Wildman–Crippen MR) is 62.0 cm³/mol. The van der Waals surface area contributed by atoms with Crippen LogP contribution < -0.4 is 0 Å². The number of allylic oxidation sites excluding steroid dienone is 2. The first-order valence-corrected chi connectivity index (χ1v) is 5.37. The molecule has 0 heterocycles. The zero-order chi connectivity index (χ0) is 13.8. The molecule has 0 amide bonds. The average Bonchev–Trinajstić information content (AvgIpc) is 2.27. The van der Waals surface area contributed by atoms with Crippen molar-refractivity contribution in [2.75, 3.05) is 0 Å². The van der Waals surface area contributed by atoms with Gasteiger partial charge in [-0.25, -0.2) is 0 Å². The van der Waals surface area contributed by atoms with E-state index in [4.69, 9.17) is 5.11 Å². The molecule has 0 aliphatic carbocycles. The Labute approximate surface area is 103 Å². The van der Waals surface area contributed by atoms with Gasteiger partial charge >= 0.3 is 12.1 Å². The summed E-state index contributed by atoms with van der Waals surface area (Å²) in [7, 11) is 0. The standard InChI is InChI=1S/C13H13F3O2/c1-9(5-4-8-12(17)18)10-6-2-3-7-11(10)13(14,15)16/h2-3,5-7H,4,8H2,1H3,(H,17,18)/b9-5+. The van der Waals surface area contributed by atoms with Gasteiger partial charge in [-0.15, -0.1) is 0 Å². The monoisotopic (exact) mass is 258 g/mol. The SMILES string of the molecule is C/C(=C\CCC(=O)O)c1ccccc1C(F)(F)F. The van der Waals surface area contributed by atoms with Gasteiger partial charge in [-0.05, 0) is 30.5 Å². The first kappa shape index (κ1) is 14.3. The predicted octanol–water partition coefficient (Wildman–Crippen LogP) is 3.97. The molecule has 0 bridgehead atoms. The lowest BCUT2D eigenvalue weighted by atomic mass is 9.99. The van der Waals surface area contributed by atoms with Gasteiger partial charge in [0.15, 0.2) is 0 Å². The third kappa shape index (κ3) is 3.91. The second-order valence-corrected chi connectivity index (χ2v) is 3.86. The van der Waals surface area contributed by atoms with Crippen LogP contribution in [0.3, 0.4) is 0 Å². The zero-order valence-corrected chi connectivity index (χ0v) is 9.79. The molecule has 0 spiro atoms. The minimum atomic E-state index is -4.40. The molecule has 0 saturated carbocycles. The van der Waals surface area contributed by atoms with E-state index in [-0.39, 0.29) is 18.4 Å². The Hall–Kier alpha value is -1.78. The van der Waals surface area contributed by atoms with E-state index >= 15 is 0 Å². The molecule has 0 radical (unpaired) electrons. The van der Waals surface area contributed by atoms with E-state index in [0.717, 1.165) is 6.07 Å². The van der Waals surface area contributed by atoms with Gasteiger partial charge in [0.2, 0.25) is 0 Å². The van der Waals surface area contributed by atoms with Crippen LogP contribution in [0.5, 0.6) is 0 Å². The minimum absolute atomic E-state index is 0.0917. The number of carboxylic acids is 1. The Morgan fingerprint density at radius 1 is 1.33 bits per heavy atom. The summed E-state index contributed by atoms with van der Waals surface area (Å²) in [6, 6.07) is 5.26. The van der Waals surface area contributed by atoms with Crippen LogP contribution >= 0.6 is 0 Å². The van der Waals surface area contributed by atoms with Crippen LogP contribution in [-0.2, 0) is 11.0 Å². The van der Waals surface area contributed by atoms with Gasteiger partial charge in [0.1, 0.15) is 0 Å². The van der Waals surface area contributed by atoms with Crippen LogP contribution in [0, 0.1) is 0 Å². The highest BCUT2D eigenvalue weighted by atomic mass is 19.4. The number of rotatable bonds is 4. The van der Waals surface area contributed by atoms with Crippen LogP contribution in [0.25, 0.3) is 5.57 Å². The van der Waals surface area contributed by atoms with Gasteiger partial charge in [-0.3, -0.25) is 4.79 Å². The maximum Gasteiger partial charge on any atom is 0.416 e. The maximum absolute atomic E-state index is 12.7. The van der Waals surface area contributed by atoms with E-state index in [2.05, 4.69) is 0 Å². The molecule has 2 nitrogen and oxygen atoms in total. The van der Waals surface area contributed by atoms with Crippen molar-refractivity contribution in [3.8, 4) is 0 Å². The zero-order valence-electron chi connectivity index (χ0n) is 9.79. The Morgan fingerprint density at radius 2 is 1.94 bits per heavy atom. The van der Waals surface area contributed by atoms with Gasteiger partial charge in [-0.1, -0.05) is 24.3 Å². The molecule has 1 N–H and O–H groups in total. The number of carbonyl (C=O) groups is 1. The van der Waals surface area contributed by atoms with Crippen molar-refractivity contribution >= 4 is 11.5 Å². The number of aliphatic carboxylic acids is 1. The summed E-state index contributed by atoms with van der Waals surface area (Å²) in [6.07, 6.45) is -2.77.